The average molecular weight is 631 g/mol. The number of ether oxygens (including phenoxy) is 1. The number of anilines is 1. The molecule has 0 radical (unpaired) electrons. The molecule has 0 saturated heterocycles. The van der Waals surface area contributed by atoms with E-state index < -0.39 is 21.9 Å². The van der Waals surface area contributed by atoms with Crippen molar-refractivity contribution in [3.05, 3.63) is 135 Å². The number of hydrogen-bond donors (Lipinski definition) is 0. The Balaban J connectivity index is 1.49. The number of carbonyl (C=O) groups is 2. The molecule has 0 fully saturated rings. The van der Waals surface area contributed by atoms with Gasteiger partial charge in [-0.1, -0.05) is 48.0 Å². The van der Waals surface area contributed by atoms with Crippen molar-refractivity contribution in [3.8, 4) is 0 Å². The minimum atomic E-state index is -3.91. The van der Waals surface area contributed by atoms with Crippen LogP contribution in [0.1, 0.15) is 35.1 Å². The van der Waals surface area contributed by atoms with Crippen LogP contribution in [0.5, 0.6) is 0 Å². The number of amides is 1. The monoisotopic (exact) mass is 630 g/mol. The smallest absolute Gasteiger partial charge is 0.340 e. The molecular weight excluding hydrogens is 600 g/mol. The number of aryl methyl sites for hydroxylation is 2. The molecule has 10 heteroatoms. The van der Waals surface area contributed by atoms with Crippen molar-refractivity contribution in [2.45, 2.75) is 38.8 Å². The van der Waals surface area contributed by atoms with E-state index in [-0.39, 0.29) is 34.9 Å². The van der Waals surface area contributed by atoms with E-state index in [2.05, 4.69) is 0 Å². The highest BCUT2D eigenvalue weighted by Crippen LogP contribution is 2.36. The molecule has 0 atom stereocenters. The second-order valence-corrected chi connectivity index (χ2v) is 12.9. The van der Waals surface area contributed by atoms with E-state index >= 15 is 0 Å². The van der Waals surface area contributed by atoms with Crippen LogP contribution < -0.4 is 4.90 Å². The molecule has 1 amide bonds. The van der Waals surface area contributed by atoms with Crippen molar-refractivity contribution in [3.63, 3.8) is 0 Å². The van der Waals surface area contributed by atoms with Crippen LogP contribution in [0.4, 0.5) is 5.69 Å². The molecular formula is C34H31ClN2O6S. The predicted molar refractivity (Wildman–Crippen MR) is 169 cm³/mol. The number of furan rings is 1. The first kappa shape index (κ1) is 31.0. The third-order valence-corrected chi connectivity index (χ3v) is 9.27. The lowest BCUT2D eigenvalue weighted by molar-refractivity contribution is -0.136. The maximum Gasteiger partial charge on any atom is 0.340 e. The van der Waals surface area contributed by atoms with Crippen molar-refractivity contribution < 1.29 is 27.2 Å². The second kappa shape index (κ2) is 12.7. The van der Waals surface area contributed by atoms with Crippen LogP contribution in [0.15, 0.2) is 111 Å². The first-order valence-corrected chi connectivity index (χ1v) is 15.6. The molecule has 0 saturated carbocycles. The number of allylic oxidation sites excluding steroid dienone is 1. The Labute approximate surface area is 261 Å². The van der Waals surface area contributed by atoms with Gasteiger partial charge in [-0.2, -0.15) is 4.31 Å². The van der Waals surface area contributed by atoms with Crippen molar-refractivity contribution in [1.82, 2.24) is 4.31 Å². The lowest BCUT2D eigenvalue weighted by Gasteiger charge is -2.21. The van der Waals surface area contributed by atoms with Crippen LogP contribution in [-0.2, 0) is 37.4 Å². The summed E-state index contributed by atoms with van der Waals surface area (Å²) >= 11 is 6.04. The fourth-order valence-corrected chi connectivity index (χ4v) is 6.75. The van der Waals surface area contributed by atoms with Gasteiger partial charge in [0.2, 0.25) is 10.0 Å². The summed E-state index contributed by atoms with van der Waals surface area (Å²) in [5.41, 5.74) is 4.01. The van der Waals surface area contributed by atoms with Crippen molar-refractivity contribution in [2.24, 2.45) is 0 Å². The first-order chi connectivity index (χ1) is 21.0. The Morgan fingerprint density at radius 3 is 2.23 bits per heavy atom. The van der Waals surface area contributed by atoms with Crippen molar-refractivity contribution in [1.29, 1.82) is 0 Å². The highest BCUT2D eigenvalue weighted by molar-refractivity contribution is 7.89. The maximum absolute atomic E-state index is 13.7. The summed E-state index contributed by atoms with van der Waals surface area (Å²) in [7, 11) is -2.65. The van der Waals surface area contributed by atoms with Gasteiger partial charge in [0.15, 0.2) is 0 Å². The molecule has 44 heavy (non-hydrogen) atoms. The number of carbonyl (C=O) groups excluding carboxylic acids is 2. The van der Waals surface area contributed by atoms with Crippen molar-refractivity contribution in [2.75, 3.05) is 12.0 Å². The summed E-state index contributed by atoms with van der Waals surface area (Å²) in [5.74, 6) is -0.420. The fraction of sp³-hybridized carbons (Fsp3) is 0.176. The van der Waals surface area contributed by atoms with Gasteiger partial charge in [0.1, 0.15) is 11.5 Å². The molecule has 226 valence electrons. The lowest BCUT2D eigenvalue weighted by Crippen LogP contribution is -2.30. The maximum atomic E-state index is 13.7. The van der Waals surface area contributed by atoms with Gasteiger partial charge in [0, 0.05) is 23.0 Å². The van der Waals surface area contributed by atoms with E-state index in [1.54, 1.807) is 73.7 Å². The molecule has 0 unspecified atom stereocenters. The zero-order valence-corrected chi connectivity index (χ0v) is 26.3. The van der Waals surface area contributed by atoms with Gasteiger partial charge in [-0.3, -0.25) is 9.69 Å². The third kappa shape index (κ3) is 6.40. The molecule has 3 aromatic carbocycles. The molecule has 0 N–H and O–H groups in total. The zero-order valence-electron chi connectivity index (χ0n) is 24.7. The van der Waals surface area contributed by atoms with Crippen LogP contribution in [0.25, 0.3) is 6.08 Å². The summed E-state index contributed by atoms with van der Waals surface area (Å²) in [6, 6.07) is 24.1. The third-order valence-electron chi connectivity index (χ3n) is 7.21. The molecule has 0 bridgehead atoms. The highest BCUT2D eigenvalue weighted by Gasteiger charge is 2.38. The van der Waals surface area contributed by atoms with Gasteiger partial charge in [0.25, 0.3) is 5.91 Å². The number of esters is 1. The van der Waals surface area contributed by atoms with E-state index in [9.17, 15) is 18.0 Å². The summed E-state index contributed by atoms with van der Waals surface area (Å²) in [4.78, 5) is 28.2. The topological polar surface area (TPSA) is 97.1 Å². The Bertz CT molecular complexity index is 1870. The Kier molecular flexibility index (Phi) is 8.92. The van der Waals surface area contributed by atoms with Crippen molar-refractivity contribution >= 4 is 45.3 Å². The molecule has 5 rings (SSSR count). The summed E-state index contributed by atoms with van der Waals surface area (Å²) in [6.07, 6.45) is 1.49. The number of hydrogen-bond acceptors (Lipinski definition) is 6. The molecule has 0 aliphatic carbocycles. The van der Waals surface area contributed by atoms with E-state index in [1.807, 2.05) is 32.0 Å². The van der Waals surface area contributed by atoms with Gasteiger partial charge in [0.05, 0.1) is 29.7 Å². The minimum Gasteiger partial charge on any atom is -0.465 e. The van der Waals surface area contributed by atoms with Gasteiger partial charge in [-0.15, -0.1) is 0 Å². The summed E-state index contributed by atoms with van der Waals surface area (Å²) in [6.45, 7) is 5.56. The Hall–Kier alpha value is -4.44. The average Bonchev–Trinajstić information content (AvgIpc) is 3.53. The van der Waals surface area contributed by atoms with E-state index in [0.717, 1.165) is 16.7 Å². The molecule has 4 aromatic rings. The predicted octanol–water partition coefficient (Wildman–Crippen LogP) is 6.82. The number of nitrogens with zero attached hydrogens (tertiary/aromatic N) is 2. The number of benzene rings is 3. The second-order valence-electron chi connectivity index (χ2n) is 10.5. The normalized spacial score (nSPS) is 14.6. The molecule has 1 aliphatic heterocycles. The number of halogens is 1. The Morgan fingerprint density at radius 2 is 1.59 bits per heavy atom. The fourth-order valence-electron chi connectivity index (χ4n) is 5.20. The van der Waals surface area contributed by atoms with E-state index in [0.29, 0.717) is 22.2 Å². The van der Waals surface area contributed by atoms with Gasteiger partial charge in [-0.25, -0.2) is 13.2 Å². The largest absolute Gasteiger partial charge is 0.465 e. The van der Waals surface area contributed by atoms with Crippen LogP contribution in [-0.4, -0.2) is 31.7 Å². The quantitative estimate of drug-likeness (QED) is 0.149. The van der Waals surface area contributed by atoms with Gasteiger partial charge >= 0.3 is 5.97 Å². The molecule has 1 aromatic heterocycles. The van der Waals surface area contributed by atoms with Crippen LogP contribution >= 0.6 is 11.6 Å². The first-order valence-electron chi connectivity index (χ1n) is 13.8. The number of sulfonamides is 1. The summed E-state index contributed by atoms with van der Waals surface area (Å²) < 4.78 is 39.7. The van der Waals surface area contributed by atoms with Gasteiger partial charge in [-0.05, 0) is 92.1 Å². The lowest BCUT2D eigenvalue weighted by atomic mass is 10.1. The Morgan fingerprint density at radius 1 is 0.932 bits per heavy atom. The molecule has 2 heterocycles. The number of rotatable bonds is 9. The van der Waals surface area contributed by atoms with Crippen LogP contribution in [0, 0.1) is 13.8 Å². The summed E-state index contributed by atoms with van der Waals surface area (Å²) in [5, 5.41) is 0.545. The van der Waals surface area contributed by atoms with Crippen LogP contribution in [0.2, 0.25) is 5.02 Å². The zero-order chi connectivity index (χ0) is 31.6. The molecule has 8 nitrogen and oxygen atoms in total. The molecule has 1 aliphatic rings. The number of methoxy groups -OCH3 is 1. The highest BCUT2D eigenvalue weighted by atomic mass is 35.5. The van der Waals surface area contributed by atoms with Gasteiger partial charge < -0.3 is 9.15 Å². The SMILES string of the molecule is COC(=O)C1=C(C)N(c2cc(C)cc(C)c2)C(=O)/C1=C/c1ccc(CN(Cc2ccc(Cl)cc2)S(=O)(=O)c2ccccc2)o1. The van der Waals surface area contributed by atoms with E-state index in [4.69, 9.17) is 20.8 Å². The van der Waals surface area contributed by atoms with E-state index in [1.165, 1.54) is 22.4 Å². The van der Waals surface area contributed by atoms with Crippen LogP contribution in [0.3, 0.4) is 0 Å². The minimum absolute atomic E-state index is 0.0727. The standard InChI is InChI=1S/C34H31ClN2O6S/c1-22-16-23(2)18-27(17-22)37-24(3)32(34(39)42-4)31(33(37)38)19-28-14-15-29(43-28)21-36(20-25-10-12-26(35)13-11-25)44(40,41)30-8-6-5-7-9-30/h5-19H,20-21H2,1-4H3/b31-19+. The molecule has 0 spiro atoms.